The van der Waals surface area contributed by atoms with Crippen LogP contribution in [0.2, 0.25) is 0 Å². The van der Waals surface area contributed by atoms with Crippen LogP contribution >= 0.6 is 0 Å². The number of phenols is 1. The molecule has 0 unspecified atom stereocenters. The highest BCUT2D eigenvalue weighted by molar-refractivity contribution is 5.79. The van der Waals surface area contributed by atoms with Crippen LogP contribution in [0.1, 0.15) is 15.9 Å². The molecule has 1 rings (SSSR count). The van der Waals surface area contributed by atoms with Gasteiger partial charge < -0.3 is 5.11 Å². The van der Waals surface area contributed by atoms with Crippen molar-refractivity contribution in [2.75, 3.05) is 0 Å². The molecule has 0 saturated heterocycles. The molecule has 0 saturated carbocycles. The summed E-state index contributed by atoms with van der Waals surface area (Å²) in [4.78, 5) is 13.0. The van der Waals surface area contributed by atoms with Crippen LogP contribution in [0.25, 0.3) is 10.4 Å². The fourth-order valence-corrected chi connectivity index (χ4v) is 0.910. The summed E-state index contributed by atoms with van der Waals surface area (Å²) in [6.45, 7) is 0.178. The van der Waals surface area contributed by atoms with Crippen LogP contribution in [0.3, 0.4) is 0 Å². The van der Waals surface area contributed by atoms with Gasteiger partial charge >= 0.3 is 0 Å². The Hall–Kier alpha value is -2.00. The lowest BCUT2D eigenvalue weighted by molar-refractivity contribution is 0.112. The van der Waals surface area contributed by atoms with Crippen LogP contribution in [0.15, 0.2) is 23.3 Å². The Morgan fingerprint density at radius 3 is 3.00 bits per heavy atom. The minimum absolute atomic E-state index is 0.0697. The molecule has 66 valence electrons. The van der Waals surface area contributed by atoms with Crippen molar-refractivity contribution in [2.45, 2.75) is 6.54 Å². The first kappa shape index (κ1) is 9.09. The predicted molar refractivity (Wildman–Crippen MR) is 46.3 cm³/mol. The summed E-state index contributed by atoms with van der Waals surface area (Å²) < 4.78 is 0. The average molecular weight is 177 g/mol. The minimum atomic E-state index is -0.0697. The van der Waals surface area contributed by atoms with E-state index in [-0.39, 0.29) is 17.9 Å². The number of rotatable bonds is 3. The van der Waals surface area contributed by atoms with Crippen molar-refractivity contribution >= 4 is 6.29 Å². The summed E-state index contributed by atoms with van der Waals surface area (Å²) in [5, 5.41) is 12.5. The molecule has 0 fully saturated rings. The normalized spacial score (nSPS) is 8.92. The molecule has 0 spiro atoms. The zero-order valence-corrected chi connectivity index (χ0v) is 6.71. The summed E-state index contributed by atoms with van der Waals surface area (Å²) >= 11 is 0. The van der Waals surface area contributed by atoms with Gasteiger partial charge in [-0.1, -0.05) is 11.2 Å². The van der Waals surface area contributed by atoms with E-state index in [0.29, 0.717) is 11.8 Å². The number of azide groups is 1. The molecule has 1 aromatic carbocycles. The number of hydrogen-bond acceptors (Lipinski definition) is 3. The maximum Gasteiger partial charge on any atom is 0.153 e. The maximum atomic E-state index is 10.4. The van der Waals surface area contributed by atoms with Gasteiger partial charge in [-0.3, -0.25) is 4.79 Å². The summed E-state index contributed by atoms with van der Waals surface area (Å²) in [6.07, 6.45) is 0.551. The molecular formula is C8H7N3O2. The van der Waals surface area contributed by atoms with Crippen molar-refractivity contribution < 1.29 is 9.90 Å². The molecule has 0 aliphatic rings. The van der Waals surface area contributed by atoms with Gasteiger partial charge in [-0.2, -0.15) is 0 Å². The summed E-state index contributed by atoms with van der Waals surface area (Å²) in [7, 11) is 0. The van der Waals surface area contributed by atoms with Crippen molar-refractivity contribution in [2.24, 2.45) is 5.11 Å². The van der Waals surface area contributed by atoms with Gasteiger partial charge in [-0.25, -0.2) is 0 Å². The first-order valence-corrected chi connectivity index (χ1v) is 3.56. The third-order valence-corrected chi connectivity index (χ3v) is 1.54. The minimum Gasteiger partial charge on any atom is -0.507 e. The number of nitrogens with zero attached hydrogens (tertiary/aromatic N) is 3. The predicted octanol–water partition coefficient (Wildman–Crippen LogP) is 2.01. The lowest BCUT2D eigenvalue weighted by atomic mass is 10.1. The van der Waals surface area contributed by atoms with Crippen LogP contribution in [-0.2, 0) is 6.54 Å². The van der Waals surface area contributed by atoms with E-state index in [0.717, 1.165) is 0 Å². The summed E-state index contributed by atoms with van der Waals surface area (Å²) in [6, 6.07) is 4.47. The largest absolute Gasteiger partial charge is 0.507 e. The molecule has 0 bridgehead atoms. The van der Waals surface area contributed by atoms with E-state index in [1.807, 2.05) is 0 Å². The molecule has 1 N–H and O–H groups in total. The first-order valence-electron chi connectivity index (χ1n) is 3.56. The van der Waals surface area contributed by atoms with E-state index < -0.39 is 0 Å². The third kappa shape index (κ3) is 2.21. The molecule has 0 radical (unpaired) electrons. The highest BCUT2D eigenvalue weighted by atomic mass is 16.3. The fourth-order valence-electron chi connectivity index (χ4n) is 0.910. The Labute approximate surface area is 74.3 Å². The summed E-state index contributed by atoms with van der Waals surface area (Å²) in [5.74, 6) is -0.0697. The standard InChI is InChI=1S/C8H7N3O2/c9-11-10-4-6-1-2-8(13)7(3-6)5-12/h1-3,5,13H,4H2. The Bertz CT molecular complexity index is 370. The van der Waals surface area contributed by atoms with Crippen LogP contribution in [0.4, 0.5) is 0 Å². The van der Waals surface area contributed by atoms with E-state index in [4.69, 9.17) is 10.6 Å². The Balaban J connectivity index is 2.98. The van der Waals surface area contributed by atoms with E-state index in [1.165, 1.54) is 12.1 Å². The fraction of sp³-hybridized carbons (Fsp3) is 0.125. The molecule has 0 heterocycles. The lowest BCUT2D eigenvalue weighted by Gasteiger charge is -1.99. The molecule has 0 atom stereocenters. The first-order chi connectivity index (χ1) is 6.27. The van der Waals surface area contributed by atoms with Gasteiger partial charge in [0.05, 0.1) is 12.1 Å². The number of carbonyl (C=O) groups excluding carboxylic acids is 1. The number of aldehydes is 1. The maximum absolute atomic E-state index is 10.4. The summed E-state index contributed by atoms with van der Waals surface area (Å²) in [5.41, 5.74) is 8.94. The monoisotopic (exact) mass is 177 g/mol. The van der Waals surface area contributed by atoms with Crippen molar-refractivity contribution in [3.05, 3.63) is 39.8 Å². The van der Waals surface area contributed by atoms with E-state index in [9.17, 15) is 4.79 Å². The van der Waals surface area contributed by atoms with Gasteiger partial charge in [0.2, 0.25) is 0 Å². The van der Waals surface area contributed by atoms with E-state index in [2.05, 4.69) is 10.0 Å². The molecule has 5 heteroatoms. The highest BCUT2D eigenvalue weighted by Crippen LogP contribution is 2.16. The van der Waals surface area contributed by atoms with E-state index >= 15 is 0 Å². The zero-order valence-electron chi connectivity index (χ0n) is 6.71. The number of carbonyl (C=O) groups is 1. The topological polar surface area (TPSA) is 86.1 Å². The third-order valence-electron chi connectivity index (χ3n) is 1.54. The zero-order chi connectivity index (χ0) is 9.68. The van der Waals surface area contributed by atoms with Crippen molar-refractivity contribution in [3.63, 3.8) is 0 Å². The van der Waals surface area contributed by atoms with Gasteiger partial charge in [0, 0.05) is 4.91 Å². The number of aromatic hydroxyl groups is 1. The Morgan fingerprint density at radius 1 is 1.62 bits per heavy atom. The highest BCUT2D eigenvalue weighted by Gasteiger charge is 1.99. The van der Waals surface area contributed by atoms with Crippen LogP contribution in [0, 0.1) is 0 Å². The quantitative estimate of drug-likeness (QED) is 0.331. The van der Waals surface area contributed by atoms with Gasteiger partial charge in [-0.15, -0.1) is 0 Å². The Morgan fingerprint density at radius 2 is 2.38 bits per heavy atom. The molecule has 0 amide bonds. The second kappa shape index (κ2) is 4.13. The van der Waals surface area contributed by atoms with Crippen LogP contribution in [-0.4, -0.2) is 11.4 Å². The molecule has 0 aromatic heterocycles. The number of hydrogen-bond donors (Lipinski definition) is 1. The number of benzene rings is 1. The van der Waals surface area contributed by atoms with Crippen molar-refractivity contribution in [1.82, 2.24) is 0 Å². The Kier molecular flexibility index (Phi) is 2.89. The van der Waals surface area contributed by atoms with Gasteiger partial charge in [0.15, 0.2) is 6.29 Å². The lowest BCUT2D eigenvalue weighted by Crippen LogP contribution is -1.85. The van der Waals surface area contributed by atoms with Gasteiger partial charge in [0.1, 0.15) is 5.75 Å². The van der Waals surface area contributed by atoms with Gasteiger partial charge in [-0.05, 0) is 23.2 Å². The molecule has 0 aliphatic heterocycles. The average Bonchev–Trinajstić information content (AvgIpc) is 2.16. The van der Waals surface area contributed by atoms with Crippen molar-refractivity contribution in [1.29, 1.82) is 0 Å². The van der Waals surface area contributed by atoms with Crippen LogP contribution < -0.4 is 0 Å². The molecule has 13 heavy (non-hydrogen) atoms. The molecule has 0 aliphatic carbocycles. The van der Waals surface area contributed by atoms with Crippen LogP contribution in [0.5, 0.6) is 5.75 Å². The number of phenolic OH excluding ortho intramolecular Hbond substituents is 1. The SMILES string of the molecule is [N-]=[N+]=NCc1ccc(O)c(C=O)c1. The second-order valence-corrected chi connectivity index (χ2v) is 2.40. The van der Waals surface area contributed by atoms with Gasteiger partial charge in [0.25, 0.3) is 0 Å². The molecule has 5 nitrogen and oxygen atoms in total. The second-order valence-electron chi connectivity index (χ2n) is 2.40. The molecular weight excluding hydrogens is 170 g/mol. The smallest absolute Gasteiger partial charge is 0.153 e. The van der Waals surface area contributed by atoms with E-state index in [1.54, 1.807) is 6.07 Å². The molecule has 1 aromatic rings. The van der Waals surface area contributed by atoms with Crippen molar-refractivity contribution in [3.8, 4) is 5.75 Å².